The van der Waals surface area contributed by atoms with Gasteiger partial charge in [0.25, 0.3) is 0 Å². The zero-order valence-electron chi connectivity index (χ0n) is 15.8. The minimum absolute atomic E-state index is 0.140. The van der Waals surface area contributed by atoms with Crippen LogP contribution in [0, 0.1) is 6.92 Å². The summed E-state index contributed by atoms with van der Waals surface area (Å²) in [6.07, 6.45) is 12.2. The van der Waals surface area contributed by atoms with E-state index in [1.54, 1.807) is 6.07 Å². The molecule has 1 atom stereocenters. The van der Waals surface area contributed by atoms with Crippen molar-refractivity contribution < 1.29 is 14.9 Å². The molecule has 1 aliphatic heterocycles. The van der Waals surface area contributed by atoms with Gasteiger partial charge in [0.15, 0.2) is 0 Å². The van der Waals surface area contributed by atoms with Gasteiger partial charge in [0.2, 0.25) is 0 Å². The standard InChI is InChI=1S/C22H30O3/c1-16(7-5-8-17(2)15-23)9-6-11-22(4)12-10-19-20(24)13-18(3)14-21(19)25-22/h8-10,12-14,23-24H,5-7,11,15H2,1-4H3/b16-9+,17-8+. The number of aryl methyl sites for hydroxylation is 1. The minimum Gasteiger partial charge on any atom is -0.507 e. The Labute approximate surface area is 151 Å². The molecule has 2 rings (SSSR count). The van der Waals surface area contributed by atoms with Gasteiger partial charge in [-0.05, 0) is 83.2 Å². The lowest BCUT2D eigenvalue weighted by Crippen LogP contribution is -2.31. The average Bonchev–Trinajstić information content (AvgIpc) is 2.53. The molecule has 3 heteroatoms. The third-order valence-corrected chi connectivity index (χ3v) is 4.62. The van der Waals surface area contributed by atoms with Crippen molar-refractivity contribution in [3.05, 3.63) is 52.6 Å². The van der Waals surface area contributed by atoms with Crippen LogP contribution in [-0.2, 0) is 0 Å². The molecule has 0 saturated carbocycles. The second-order valence-corrected chi connectivity index (χ2v) is 7.28. The van der Waals surface area contributed by atoms with Crippen LogP contribution in [0.25, 0.3) is 6.08 Å². The summed E-state index contributed by atoms with van der Waals surface area (Å²) < 4.78 is 6.18. The maximum Gasteiger partial charge on any atom is 0.131 e. The Kier molecular flexibility index (Phi) is 6.49. The number of aliphatic hydroxyl groups excluding tert-OH is 1. The normalized spacial score (nSPS) is 20.4. The monoisotopic (exact) mass is 342 g/mol. The summed E-state index contributed by atoms with van der Waals surface area (Å²) in [6, 6.07) is 3.74. The third kappa shape index (κ3) is 5.50. The fourth-order valence-corrected chi connectivity index (χ4v) is 2.99. The maximum atomic E-state index is 10.0. The van der Waals surface area contributed by atoms with Gasteiger partial charge in [-0.3, -0.25) is 0 Å². The zero-order valence-corrected chi connectivity index (χ0v) is 15.8. The van der Waals surface area contributed by atoms with Crippen molar-refractivity contribution in [1.29, 1.82) is 0 Å². The van der Waals surface area contributed by atoms with Crippen LogP contribution >= 0.6 is 0 Å². The van der Waals surface area contributed by atoms with Gasteiger partial charge in [0.1, 0.15) is 17.1 Å². The maximum absolute atomic E-state index is 10.0. The molecular weight excluding hydrogens is 312 g/mol. The average molecular weight is 342 g/mol. The second-order valence-electron chi connectivity index (χ2n) is 7.28. The van der Waals surface area contributed by atoms with Gasteiger partial charge in [-0.2, -0.15) is 0 Å². The van der Waals surface area contributed by atoms with Crippen molar-refractivity contribution in [2.24, 2.45) is 0 Å². The highest BCUT2D eigenvalue weighted by atomic mass is 16.5. The van der Waals surface area contributed by atoms with Crippen LogP contribution in [-0.4, -0.2) is 22.4 Å². The summed E-state index contributed by atoms with van der Waals surface area (Å²) in [5.74, 6) is 1.03. The van der Waals surface area contributed by atoms with Gasteiger partial charge in [-0.25, -0.2) is 0 Å². The molecule has 0 saturated heterocycles. The minimum atomic E-state index is -0.350. The number of benzene rings is 1. The Hall–Kier alpha value is -2.00. The number of allylic oxidation sites excluding steroid dienone is 3. The van der Waals surface area contributed by atoms with Crippen molar-refractivity contribution in [2.75, 3.05) is 6.61 Å². The Balaban J connectivity index is 1.92. The van der Waals surface area contributed by atoms with Crippen LogP contribution in [0.1, 0.15) is 57.6 Å². The molecule has 3 nitrogen and oxygen atoms in total. The summed E-state index contributed by atoms with van der Waals surface area (Å²) in [6.45, 7) is 8.28. The van der Waals surface area contributed by atoms with Crippen molar-refractivity contribution >= 4 is 6.08 Å². The molecule has 1 unspecified atom stereocenters. The van der Waals surface area contributed by atoms with E-state index in [9.17, 15) is 5.11 Å². The fraction of sp³-hybridized carbons (Fsp3) is 0.455. The summed E-state index contributed by atoms with van der Waals surface area (Å²) in [7, 11) is 0. The molecule has 1 aliphatic rings. The van der Waals surface area contributed by atoms with Crippen LogP contribution in [0.3, 0.4) is 0 Å². The number of rotatable bonds is 7. The van der Waals surface area contributed by atoms with Crippen molar-refractivity contribution in [2.45, 2.75) is 59.0 Å². The Morgan fingerprint density at radius 3 is 2.60 bits per heavy atom. The lowest BCUT2D eigenvalue weighted by Gasteiger charge is -2.32. The van der Waals surface area contributed by atoms with Crippen LogP contribution in [0.2, 0.25) is 0 Å². The first-order valence-corrected chi connectivity index (χ1v) is 8.97. The van der Waals surface area contributed by atoms with E-state index in [1.165, 1.54) is 5.57 Å². The summed E-state index contributed by atoms with van der Waals surface area (Å²) in [5, 5.41) is 19.0. The highest BCUT2D eigenvalue weighted by molar-refractivity contribution is 5.67. The molecule has 25 heavy (non-hydrogen) atoms. The summed E-state index contributed by atoms with van der Waals surface area (Å²) in [5.41, 5.74) is 3.80. The predicted molar refractivity (Wildman–Crippen MR) is 104 cm³/mol. The summed E-state index contributed by atoms with van der Waals surface area (Å²) >= 11 is 0. The second kappa shape index (κ2) is 8.39. The molecule has 0 spiro atoms. The lowest BCUT2D eigenvalue weighted by atomic mass is 9.93. The van der Waals surface area contributed by atoms with E-state index in [0.29, 0.717) is 0 Å². The van der Waals surface area contributed by atoms with Gasteiger partial charge < -0.3 is 14.9 Å². The number of aliphatic hydroxyl groups is 1. The molecule has 1 aromatic rings. The fourth-order valence-electron chi connectivity index (χ4n) is 2.99. The number of fused-ring (bicyclic) bond motifs is 1. The largest absolute Gasteiger partial charge is 0.507 e. The van der Waals surface area contributed by atoms with E-state index in [0.717, 1.165) is 48.1 Å². The zero-order chi connectivity index (χ0) is 18.4. The van der Waals surface area contributed by atoms with Crippen LogP contribution in [0.15, 0.2) is 41.5 Å². The van der Waals surface area contributed by atoms with E-state index in [1.807, 2.05) is 32.1 Å². The molecule has 0 amide bonds. The van der Waals surface area contributed by atoms with Gasteiger partial charge >= 0.3 is 0 Å². The van der Waals surface area contributed by atoms with E-state index in [4.69, 9.17) is 9.84 Å². The molecule has 1 aromatic carbocycles. The van der Waals surface area contributed by atoms with E-state index < -0.39 is 0 Å². The molecular formula is C22H30O3. The third-order valence-electron chi connectivity index (χ3n) is 4.62. The first-order chi connectivity index (χ1) is 11.8. The number of hydrogen-bond acceptors (Lipinski definition) is 3. The summed E-state index contributed by atoms with van der Waals surface area (Å²) in [4.78, 5) is 0. The Morgan fingerprint density at radius 2 is 1.88 bits per heavy atom. The Morgan fingerprint density at radius 1 is 1.16 bits per heavy atom. The molecule has 136 valence electrons. The smallest absolute Gasteiger partial charge is 0.131 e. The molecule has 0 aromatic heterocycles. The number of phenolic OH excluding ortho intramolecular Hbond substituents is 1. The first kappa shape index (κ1) is 19.3. The molecule has 1 heterocycles. The van der Waals surface area contributed by atoms with E-state index >= 15 is 0 Å². The van der Waals surface area contributed by atoms with Crippen molar-refractivity contribution in [3.8, 4) is 11.5 Å². The number of ether oxygens (including phenoxy) is 1. The van der Waals surface area contributed by atoms with Crippen LogP contribution in [0.5, 0.6) is 11.5 Å². The van der Waals surface area contributed by atoms with Gasteiger partial charge in [-0.15, -0.1) is 0 Å². The lowest BCUT2D eigenvalue weighted by molar-refractivity contribution is 0.128. The quantitative estimate of drug-likeness (QED) is 0.660. The number of aromatic hydroxyl groups is 1. The van der Waals surface area contributed by atoms with Crippen molar-refractivity contribution in [3.63, 3.8) is 0 Å². The molecule has 0 aliphatic carbocycles. The van der Waals surface area contributed by atoms with Gasteiger partial charge in [0, 0.05) is 0 Å². The molecule has 0 bridgehead atoms. The molecule has 0 radical (unpaired) electrons. The van der Waals surface area contributed by atoms with Crippen LogP contribution in [0.4, 0.5) is 0 Å². The first-order valence-electron chi connectivity index (χ1n) is 8.97. The van der Waals surface area contributed by atoms with E-state index in [-0.39, 0.29) is 18.0 Å². The predicted octanol–water partition coefficient (Wildman–Crippen LogP) is 5.31. The van der Waals surface area contributed by atoms with Crippen LogP contribution < -0.4 is 4.74 Å². The SMILES string of the molecule is C/C(=C\CC/C(C)=C/CCC1(C)C=Cc2c(O)cc(C)cc2O1)CO. The van der Waals surface area contributed by atoms with Gasteiger partial charge in [0.05, 0.1) is 12.2 Å². The highest BCUT2D eigenvalue weighted by Crippen LogP contribution is 2.38. The molecule has 2 N–H and O–H groups in total. The van der Waals surface area contributed by atoms with Gasteiger partial charge in [-0.1, -0.05) is 23.3 Å². The topological polar surface area (TPSA) is 49.7 Å². The van der Waals surface area contributed by atoms with Crippen molar-refractivity contribution in [1.82, 2.24) is 0 Å². The van der Waals surface area contributed by atoms with E-state index in [2.05, 4.69) is 26.0 Å². The highest BCUT2D eigenvalue weighted by Gasteiger charge is 2.27. The Bertz CT molecular complexity index is 697. The molecule has 0 fully saturated rings. The number of hydrogen-bond donors (Lipinski definition) is 2. The number of phenols is 1.